The number of nitrogens with one attached hydrogen (secondary N) is 4. The SMILES string of the molecule is CCC1(Nc2c(C#N)cnc3c(Cl)cc(NC(C4=CN(C5CC5)NN4)c4ccc(F)cc4)cc23)CCC1. The fraction of sp³-hybridized carbons (Fsp3) is 0.357. The number of rotatable bonds is 8. The largest absolute Gasteiger partial charge is 0.378 e. The second-order valence-corrected chi connectivity index (χ2v) is 10.6. The Morgan fingerprint density at radius 1 is 1.27 bits per heavy atom. The van der Waals surface area contributed by atoms with Crippen LogP contribution in [0.3, 0.4) is 0 Å². The van der Waals surface area contributed by atoms with Crippen LogP contribution >= 0.6 is 11.6 Å². The lowest BCUT2D eigenvalue weighted by atomic mass is 9.74. The molecule has 2 heterocycles. The number of nitriles is 1. The Labute approximate surface area is 220 Å². The first-order valence-electron chi connectivity index (χ1n) is 12.8. The molecule has 2 aliphatic carbocycles. The second-order valence-electron chi connectivity index (χ2n) is 10.2. The predicted molar refractivity (Wildman–Crippen MR) is 144 cm³/mol. The first-order chi connectivity index (χ1) is 18.0. The third-order valence-corrected chi connectivity index (χ3v) is 8.08. The van der Waals surface area contributed by atoms with E-state index in [4.69, 9.17) is 11.6 Å². The molecule has 2 saturated carbocycles. The Morgan fingerprint density at radius 2 is 2.05 bits per heavy atom. The lowest BCUT2D eigenvalue weighted by Crippen LogP contribution is -2.44. The zero-order chi connectivity index (χ0) is 25.6. The maximum atomic E-state index is 13.7. The van der Waals surface area contributed by atoms with Gasteiger partial charge >= 0.3 is 0 Å². The van der Waals surface area contributed by atoms with Crippen LogP contribution in [0, 0.1) is 17.1 Å². The predicted octanol–water partition coefficient (Wildman–Crippen LogP) is 6.13. The number of hydrogen-bond donors (Lipinski definition) is 4. The van der Waals surface area contributed by atoms with Crippen molar-refractivity contribution in [2.24, 2.45) is 0 Å². The van der Waals surface area contributed by atoms with Gasteiger partial charge in [-0.15, -0.1) is 5.53 Å². The summed E-state index contributed by atoms with van der Waals surface area (Å²) in [6.45, 7) is 2.18. The van der Waals surface area contributed by atoms with Crippen molar-refractivity contribution in [3.8, 4) is 6.07 Å². The molecule has 6 rings (SSSR count). The van der Waals surface area contributed by atoms with Crippen LogP contribution in [0.1, 0.15) is 62.6 Å². The molecule has 4 N–H and O–H groups in total. The molecule has 9 heteroatoms. The molecule has 3 aliphatic rings. The van der Waals surface area contributed by atoms with E-state index >= 15 is 0 Å². The third kappa shape index (κ3) is 4.54. The molecule has 2 aromatic carbocycles. The van der Waals surface area contributed by atoms with Crippen LogP contribution in [0.4, 0.5) is 15.8 Å². The Hall–Kier alpha value is -3.54. The molecule has 0 saturated heterocycles. The van der Waals surface area contributed by atoms with Crippen molar-refractivity contribution < 1.29 is 4.39 Å². The van der Waals surface area contributed by atoms with Crippen molar-refractivity contribution in [3.05, 3.63) is 76.5 Å². The zero-order valence-electron chi connectivity index (χ0n) is 20.6. The van der Waals surface area contributed by atoms with E-state index in [1.807, 2.05) is 12.1 Å². The highest BCUT2D eigenvalue weighted by molar-refractivity contribution is 6.35. The number of hydrogen-bond acceptors (Lipinski definition) is 7. The smallest absolute Gasteiger partial charge is 0.123 e. The first kappa shape index (κ1) is 23.8. The van der Waals surface area contributed by atoms with E-state index in [2.05, 4.69) is 50.8 Å². The van der Waals surface area contributed by atoms with Gasteiger partial charge < -0.3 is 16.1 Å². The topological polar surface area (TPSA) is 88.0 Å². The summed E-state index contributed by atoms with van der Waals surface area (Å²) in [4.78, 5) is 4.51. The van der Waals surface area contributed by atoms with Gasteiger partial charge in [-0.25, -0.2) is 4.39 Å². The van der Waals surface area contributed by atoms with Crippen LogP contribution in [-0.2, 0) is 0 Å². The highest BCUT2D eigenvalue weighted by atomic mass is 35.5. The molecule has 7 nitrogen and oxygen atoms in total. The molecule has 190 valence electrons. The Morgan fingerprint density at radius 3 is 2.70 bits per heavy atom. The third-order valence-electron chi connectivity index (χ3n) is 7.80. The molecule has 0 radical (unpaired) electrons. The molecule has 2 fully saturated rings. The lowest BCUT2D eigenvalue weighted by molar-refractivity contribution is 0.260. The van der Waals surface area contributed by atoms with Gasteiger partial charge in [0.15, 0.2) is 0 Å². The summed E-state index contributed by atoms with van der Waals surface area (Å²) in [5, 5.41) is 20.5. The number of fused-ring (bicyclic) bond motifs is 1. The average Bonchev–Trinajstić information content (AvgIpc) is 3.62. The normalized spacial score (nSPS) is 19.0. The van der Waals surface area contributed by atoms with Crippen molar-refractivity contribution in [2.75, 3.05) is 10.6 Å². The van der Waals surface area contributed by atoms with Gasteiger partial charge in [-0.1, -0.05) is 30.7 Å². The van der Waals surface area contributed by atoms with Crippen LogP contribution in [0.15, 0.2) is 54.5 Å². The molecule has 1 aliphatic heterocycles. The maximum Gasteiger partial charge on any atom is 0.123 e. The number of anilines is 2. The monoisotopic (exact) mass is 517 g/mol. The van der Waals surface area contributed by atoms with E-state index in [1.165, 1.54) is 18.6 Å². The number of benzene rings is 2. The van der Waals surface area contributed by atoms with Crippen molar-refractivity contribution in [1.29, 1.82) is 5.26 Å². The summed E-state index contributed by atoms with van der Waals surface area (Å²) < 4.78 is 13.7. The van der Waals surface area contributed by atoms with Crippen molar-refractivity contribution in [2.45, 2.75) is 63.1 Å². The number of nitrogens with zero attached hydrogens (tertiary/aromatic N) is 3. The summed E-state index contributed by atoms with van der Waals surface area (Å²) in [5.74, 6) is -0.283. The fourth-order valence-corrected chi connectivity index (χ4v) is 5.47. The van der Waals surface area contributed by atoms with Crippen LogP contribution in [0.25, 0.3) is 10.9 Å². The number of aromatic nitrogens is 1. The quantitative estimate of drug-likeness (QED) is 0.286. The Balaban J connectivity index is 1.41. The van der Waals surface area contributed by atoms with E-state index in [9.17, 15) is 9.65 Å². The number of pyridine rings is 1. The molecule has 0 amide bonds. The Bertz CT molecular complexity index is 1400. The molecule has 1 aromatic heterocycles. The number of hydrazine groups is 2. The van der Waals surface area contributed by atoms with Crippen LogP contribution in [-0.4, -0.2) is 21.6 Å². The van der Waals surface area contributed by atoms with Gasteiger partial charge in [-0.2, -0.15) is 5.26 Å². The van der Waals surface area contributed by atoms with Crippen LogP contribution in [0.2, 0.25) is 5.02 Å². The molecular weight excluding hydrogens is 489 g/mol. The molecule has 0 spiro atoms. The lowest BCUT2D eigenvalue weighted by Gasteiger charge is -2.43. The highest BCUT2D eigenvalue weighted by Crippen LogP contribution is 2.42. The van der Waals surface area contributed by atoms with E-state index < -0.39 is 0 Å². The van der Waals surface area contributed by atoms with Crippen molar-refractivity contribution >= 4 is 33.9 Å². The Kier molecular flexibility index (Phi) is 6.06. The highest BCUT2D eigenvalue weighted by Gasteiger charge is 2.36. The maximum absolute atomic E-state index is 13.7. The van der Waals surface area contributed by atoms with E-state index in [0.29, 0.717) is 22.1 Å². The second kappa shape index (κ2) is 9.40. The van der Waals surface area contributed by atoms with Gasteiger partial charge in [0.25, 0.3) is 0 Å². The van der Waals surface area contributed by atoms with Crippen LogP contribution < -0.4 is 21.6 Å². The van der Waals surface area contributed by atoms with Gasteiger partial charge in [0.1, 0.15) is 11.9 Å². The van der Waals surface area contributed by atoms with E-state index in [-0.39, 0.29) is 17.4 Å². The summed E-state index contributed by atoms with van der Waals surface area (Å²) in [7, 11) is 0. The van der Waals surface area contributed by atoms with Crippen LogP contribution in [0.5, 0.6) is 0 Å². The van der Waals surface area contributed by atoms with Crippen molar-refractivity contribution in [1.82, 2.24) is 21.0 Å². The average molecular weight is 518 g/mol. The molecule has 3 aromatic rings. The number of halogens is 2. The van der Waals surface area contributed by atoms with E-state index in [0.717, 1.165) is 60.1 Å². The minimum atomic E-state index is -0.289. The zero-order valence-corrected chi connectivity index (χ0v) is 21.4. The van der Waals surface area contributed by atoms with Gasteiger partial charge in [-0.05, 0) is 68.4 Å². The van der Waals surface area contributed by atoms with Gasteiger partial charge in [-0.3, -0.25) is 9.99 Å². The summed E-state index contributed by atoms with van der Waals surface area (Å²) in [6, 6.07) is 12.8. The fourth-order valence-electron chi connectivity index (χ4n) is 5.20. The van der Waals surface area contributed by atoms with Gasteiger partial charge in [0.2, 0.25) is 0 Å². The van der Waals surface area contributed by atoms with Gasteiger partial charge in [0.05, 0.1) is 33.5 Å². The van der Waals surface area contributed by atoms with Crippen molar-refractivity contribution in [3.63, 3.8) is 0 Å². The summed E-state index contributed by atoms with van der Waals surface area (Å²) in [5.41, 5.74) is 11.0. The summed E-state index contributed by atoms with van der Waals surface area (Å²) >= 11 is 6.75. The molecular formula is C28H29ClFN7. The summed E-state index contributed by atoms with van der Waals surface area (Å²) in [6.07, 6.45) is 10.2. The van der Waals surface area contributed by atoms with E-state index in [1.54, 1.807) is 18.3 Å². The first-order valence-corrected chi connectivity index (χ1v) is 13.2. The molecule has 0 bridgehead atoms. The molecule has 1 unspecified atom stereocenters. The molecule has 1 atom stereocenters. The molecule has 37 heavy (non-hydrogen) atoms. The standard InChI is InChI=1S/C28H29ClFN7/c1-2-28(10-3-11-28)34-25-18(14-31)15-32-27-22(25)12-20(13-23(27)29)33-26(17-4-6-19(30)7-5-17)24-16-37(36-35-24)21-8-9-21/h4-7,12-13,15-16,21,26,33,35-36H,2-3,8-11H2,1H3,(H,32,34). The minimum Gasteiger partial charge on any atom is -0.378 e. The minimum absolute atomic E-state index is 0.0110. The van der Waals surface area contributed by atoms with Gasteiger partial charge in [0, 0.05) is 35.1 Å².